The molecule has 0 amide bonds. The van der Waals surface area contributed by atoms with Crippen LogP contribution in [0.3, 0.4) is 0 Å². The molecule has 0 aromatic rings. The predicted molar refractivity (Wildman–Crippen MR) is 359 cm³/mol. The van der Waals surface area contributed by atoms with E-state index < -0.39 is 0 Å². The number of hydrogen-bond acceptors (Lipinski definition) is 1. The van der Waals surface area contributed by atoms with Crippen molar-refractivity contribution in [1.29, 1.82) is 0 Å². The summed E-state index contributed by atoms with van der Waals surface area (Å²) in [5.41, 5.74) is 0. The molecule has 1 N–H and O–H groups in total. The zero-order valence-corrected chi connectivity index (χ0v) is 55.7. The van der Waals surface area contributed by atoms with Gasteiger partial charge in [0.25, 0.3) is 0 Å². The topological polar surface area (TPSA) is 20.2 Å². The van der Waals surface area contributed by atoms with E-state index in [4.69, 9.17) is 0 Å². The summed E-state index contributed by atoms with van der Waals surface area (Å²) in [6, 6.07) is 0. The van der Waals surface area contributed by atoms with E-state index in [1.54, 1.807) is 0 Å². The van der Waals surface area contributed by atoms with Crippen LogP contribution in [0.2, 0.25) is 0 Å². The summed E-state index contributed by atoms with van der Waals surface area (Å²) < 4.78 is 0. The first-order chi connectivity index (χ1) is 38.7. The second-order valence-corrected chi connectivity index (χ2v) is 27.2. The Kier molecular flexibility index (Phi) is 71.2. The fourth-order valence-electron chi connectivity index (χ4n) is 13.5. The van der Waals surface area contributed by atoms with Gasteiger partial charge < -0.3 is 5.11 Å². The van der Waals surface area contributed by atoms with E-state index in [1.807, 2.05) is 0 Å². The maximum Gasteiger partial charge on any atom is 0.0540 e. The Hall–Kier alpha value is -0.0400. The van der Waals surface area contributed by atoms with Gasteiger partial charge in [0.2, 0.25) is 0 Å². The van der Waals surface area contributed by atoms with Crippen LogP contribution in [0.1, 0.15) is 477 Å². The maximum absolute atomic E-state index is 10.4. The van der Waals surface area contributed by atoms with Crippen molar-refractivity contribution >= 4 is 0 Å². The Bertz CT molecular complexity index is 968. The lowest BCUT2D eigenvalue weighted by Crippen LogP contribution is -2.05. The van der Waals surface area contributed by atoms with Crippen molar-refractivity contribution in [3.8, 4) is 0 Å². The lowest BCUT2D eigenvalue weighted by molar-refractivity contribution is 0.147. The highest BCUT2D eigenvalue weighted by Gasteiger charge is 2.13. The first-order valence-electron chi connectivity index (χ1n) is 38.4. The van der Waals surface area contributed by atoms with Crippen LogP contribution in [-0.4, -0.2) is 11.2 Å². The molecular weight excluding hydrogens is 941 g/mol. The summed E-state index contributed by atoms with van der Waals surface area (Å²) in [6.07, 6.45) is 101. The molecule has 0 aliphatic rings. The van der Waals surface area contributed by atoms with E-state index in [2.05, 4.69) is 27.7 Å². The average Bonchev–Trinajstić information content (AvgIpc) is 3.44. The fraction of sp³-hybridized carbons (Fsp3) is 1.00. The van der Waals surface area contributed by atoms with E-state index in [9.17, 15) is 5.11 Å². The lowest BCUT2D eigenvalue weighted by Gasteiger charge is -2.20. The third kappa shape index (κ3) is 66.8. The predicted octanol–water partition coefficient (Wildman–Crippen LogP) is 29.0. The van der Waals surface area contributed by atoms with E-state index in [0.717, 1.165) is 24.7 Å². The van der Waals surface area contributed by atoms with Crippen molar-refractivity contribution in [3.63, 3.8) is 0 Å². The highest BCUT2D eigenvalue weighted by Crippen LogP contribution is 2.29. The van der Waals surface area contributed by atoms with Gasteiger partial charge in [0.1, 0.15) is 0 Å². The molecule has 78 heavy (non-hydrogen) atoms. The van der Waals surface area contributed by atoms with Crippen LogP contribution in [0.15, 0.2) is 0 Å². The molecule has 2 atom stereocenters. The molecule has 0 aliphatic heterocycles. The van der Waals surface area contributed by atoms with Crippen molar-refractivity contribution in [2.75, 3.05) is 0 Å². The van der Waals surface area contributed by atoms with E-state index in [1.165, 1.54) is 437 Å². The third-order valence-electron chi connectivity index (χ3n) is 19.2. The minimum atomic E-state index is -0.0440. The van der Waals surface area contributed by atoms with Crippen molar-refractivity contribution in [3.05, 3.63) is 0 Å². The van der Waals surface area contributed by atoms with Gasteiger partial charge in [-0.2, -0.15) is 0 Å². The van der Waals surface area contributed by atoms with Gasteiger partial charge in [-0.25, -0.2) is 0 Å². The minimum absolute atomic E-state index is 0.0440. The van der Waals surface area contributed by atoms with E-state index in [0.29, 0.717) is 0 Å². The summed E-state index contributed by atoms with van der Waals surface area (Å²) >= 11 is 0. The van der Waals surface area contributed by atoms with Crippen LogP contribution < -0.4 is 0 Å². The SMILES string of the molecule is CCCCCCCCCCCCCCCCCCC(CCCCCCCCCCCCCCCCCC)CCCCC(CCCCCCCCCCCCCCCCCC)CCCCCCCCCCC(O)CCCCCC. The monoisotopic (exact) mass is 1100 g/mol. The maximum atomic E-state index is 10.4. The molecule has 1 heteroatoms. The second kappa shape index (κ2) is 71.2. The normalized spacial score (nSPS) is 12.7. The zero-order valence-electron chi connectivity index (χ0n) is 55.7. The molecule has 0 saturated carbocycles. The second-order valence-electron chi connectivity index (χ2n) is 27.2. The number of unbranched alkanes of at least 4 members (excludes halogenated alkanes) is 56. The van der Waals surface area contributed by atoms with Gasteiger partial charge in [-0.05, 0) is 24.7 Å². The Balaban J connectivity index is 4.78. The molecule has 0 aliphatic carbocycles. The number of rotatable bonds is 72. The number of aliphatic hydroxyl groups excluding tert-OH is 1. The van der Waals surface area contributed by atoms with Crippen LogP contribution in [0.25, 0.3) is 0 Å². The van der Waals surface area contributed by atoms with Gasteiger partial charge in [-0.3, -0.25) is 0 Å². The highest BCUT2D eigenvalue weighted by atomic mass is 16.3. The van der Waals surface area contributed by atoms with Gasteiger partial charge >= 0.3 is 0 Å². The average molecular weight is 1100 g/mol. The largest absolute Gasteiger partial charge is 0.393 e. The van der Waals surface area contributed by atoms with Crippen LogP contribution in [0, 0.1) is 11.8 Å². The van der Waals surface area contributed by atoms with Crippen molar-refractivity contribution < 1.29 is 5.11 Å². The molecule has 0 heterocycles. The fourth-order valence-corrected chi connectivity index (χ4v) is 13.5. The quantitative estimate of drug-likeness (QED) is 0.0602. The molecule has 0 bridgehead atoms. The Morgan fingerprint density at radius 1 is 0.141 bits per heavy atom. The van der Waals surface area contributed by atoms with E-state index in [-0.39, 0.29) is 6.10 Å². The summed E-state index contributed by atoms with van der Waals surface area (Å²) in [5.74, 6) is 1.99. The van der Waals surface area contributed by atoms with Crippen LogP contribution >= 0.6 is 0 Å². The first-order valence-corrected chi connectivity index (χ1v) is 38.4. The lowest BCUT2D eigenvalue weighted by atomic mass is 9.86. The van der Waals surface area contributed by atoms with Gasteiger partial charge in [0.05, 0.1) is 6.10 Å². The molecule has 0 rings (SSSR count). The van der Waals surface area contributed by atoms with E-state index >= 15 is 0 Å². The van der Waals surface area contributed by atoms with Crippen molar-refractivity contribution in [1.82, 2.24) is 0 Å². The Morgan fingerprint density at radius 2 is 0.244 bits per heavy atom. The first kappa shape index (κ1) is 78.0. The number of aliphatic hydroxyl groups is 1. The van der Waals surface area contributed by atoms with Gasteiger partial charge in [0, 0.05) is 0 Å². The molecule has 0 aromatic carbocycles. The van der Waals surface area contributed by atoms with Gasteiger partial charge in [0.15, 0.2) is 0 Å². The molecule has 0 saturated heterocycles. The molecule has 0 radical (unpaired) electrons. The molecule has 0 spiro atoms. The van der Waals surface area contributed by atoms with Crippen molar-refractivity contribution in [2.24, 2.45) is 11.8 Å². The smallest absolute Gasteiger partial charge is 0.0540 e. The minimum Gasteiger partial charge on any atom is -0.393 e. The summed E-state index contributed by atoms with van der Waals surface area (Å²) in [7, 11) is 0. The highest BCUT2D eigenvalue weighted by molar-refractivity contribution is 4.67. The zero-order chi connectivity index (χ0) is 56.2. The standard InChI is InChI=1S/C77H156O/c1-5-9-13-17-20-23-26-29-32-35-38-41-44-49-54-59-67-75(68-60-55-50-45-42-39-36-33-30-27-24-21-18-14-10-6-2)71-65-66-72-76(69-61-56-51-46-43-40-37-34-31-28-25-22-19-15-11-7-3)70-62-57-52-47-48-53-58-64-74-77(78)73-63-16-12-8-4/h75-78H,5-74H2,1-4H3. The molecule has 0 fully saturated rings. The Labute approximate surface area is 497 Å². The Morgan fingerprint density at radius 3 is 0.397 bits per heavy atom. The van der Waals surface area contributed by atoms with Crippen LogP contribution in [-0.2, 0) is 0 Å². The van der Waals surface area contributed by atoms with Crippen molar-refractivity contribution in [2.45, 2.75) is 483 Å². The molecule has 0 aromatic heterocycles. The van der Waals surface area contributed by atoms with Crippen LogP contribution in [0.5, 0.6) is 0 Å². The summed E-state index contributed by atoms with van der Waals surface area (Å²) in [6.45, 7) is 9.26. The third-order valence-corrected chi connectivity index (χ3v) is 19.2. The molecule has 470 valence electrons. The van der Waals surface area contributed by atoms with Crippen LogP contribution in [0.4, 0.5) is 0 Å². The number of hydrogen-bond donors (Lipinski definition) is 1. The molecule has 1 nitrogen and oxygen atoms in total. The molecular formula is C77H156O. The summed E-state index contributed by atoms with van der Waals surface area (Å²) in [4.78, 5) is 0. The van der Waals surface area contributed by atoms with Gasteiger partial charge in [-0.1, -0.05) is 464 Å². The summed E-state index contributed by atoms with van der Waals surface area (Å²) in [5, 5.41) is 10.4. The molecule has 2 unspecified atom stereocenters. The van der Waals surface area contributed by atoms with Gasteiger partial charge in [-0.15, -0.1) is 0 Å².